The van der Waals surface area contributed by atoms with E-state index < -0.39 is 0 Å². The molecule has 12 heavy (non-hydrogen) atoms. The molecule has 3 heteroatoms. The number of carbonyl (C=O) groups excluding carboxylic acids is 1. The Balaban J connectivity index is 1.95. The lowest BCUT2D eigenvalue weighted by atomic mass is 9.94. The molecular weight excluding hydrogens is 154 g/mol. The minimum Gasteiger partial charge on any atom is -0.298 e. The number of carbonyl (C=O) groups is 1. The van der Waals surface area contributed by atoms with Gasteiger partial charge >= 0.3 is 0 Å². The quantitative estimate of drug-likeness (QED) is 0.589. The molecule has 0 aromatic carbocycles. The van der Waals surface area contributed by atoms with Gasteiger partial charge in [-0.1, -0.05) is 6.42 Å². The number of Topliss-reactive ketones (excluding diaryl/α,β-unsaturated/α-hetero) is 1. The third-order valence-electron chi connectivity index (χ3n) is 2.65. The molecule has 1 unspecified atom stereocenters. The summed E-state index contributed by atoms with van der Waals surface area (Å²) in [5.41, 5.74) is 0. The van der Waals surface area contributed by atoms with Gasteiger partial charge in [-0.2, -0.15) is 5.06 Å². The first-order valence-corrected chi connectivity index (χ1v) is 4.80. The highest BCUT2D eigenvalue weighted by molar-refractivity contribution is 5.84. The Kier molecular flexibility index (Phi) is 2.42. The van der Waals surface area contributed by atoms with Crippen LogP contribution in [0.4, 0.5) is 0 Å². The van der Waals surface area contributed by atoms with Crippen LogP contribution in [0.5, 0.6) is 0 Å². The predicted molar refractivity (Wildman–Crippen MR) is 44.5 cm³/mol. The maximum atomic E-state index is 11.5. The largest absolute Gasteiger partial charge is 0.298 e. The van der Waals surface area contributed by atoms with Gasteiger partial charge in [0.2, 0.25) is 0 Å². The van der Waals surface area contributed by atoms with Crippen LogP contribution < -0.4 is 0 Å². The van der Waals surface area contributed by atoms with Crippen LogP contribution in [0, 0.1) is 0 Å². The molecule has 1 aliphatic heterocycles. The summed E-state index contributed by atoms with van der Waals surface area (Å²) in [6, 6.07) is 0.0845. The Morgan fingerprint density at radius 1 is 1.33 bits per heavy atom. The van der Waals surface area contributed by atoms with Gasteiger partial charge in [0.05, 0.1) is 12.6 Å². The molecule has 3 nitrogen and oxygen atoms in total. The Morgan fingerprint density at radius 3 is 2.92 bits per heavy atom. The number of hydrogen-bond acceptors (Lipinski definition) is 3. The molecule has 0 N–H and O–H groups in total. The molecule has 1 aliphatic carbocycles. The van der Waals surface area contributed by atoms with Crippen molar-refractivity contribution >= 4 is 5.78 Å². The van der Waals surface area contributed by atoms with Gasteiger partial charge in [0, 0.05) is 13.0 Å². The van der Waals surface area contributed by atoms with Gasteiger partial charge in [-0.25, -0.2) is 0 Å². The van der Waals surface area contributed by atoms with Crippen molar-refractivity contribution in [3.8, 4) is 0 Å². The van der Waals surface area contributed by atoms with E-state index in [-0.39, 0.29) is 6.04 Å². The lowest BCUT2D eigenvalue weighted by Gasteiger charge is -2.27. The molecule has 0 spiro atoms. The molecular formula is C9H15NO2. The highest BCUT2D eigenvalue weighted by atomic mass is 16.7. The molecule has 2 aliphatic rings. The van der Waals surface area contributed by atoms with Gasteiger partial charge in [-0.3, -0.25) is 9.63 Å². The van der Waals surface area contributed by atoms with Crippen LogP contribution in [0.2, 0.25) is 0 Å². The van der Waals surface area contributed by atoms with Crippen molar-refractivity contribution in [2.75, 3.05) is 13.2 Å². The molecule has 1 saturated carbocycles. The predicted octanol–water partition coefficient (Wildman–Crippen LogP) is 1.14. The van der Waals surface area contributed by atoms with Crippen molar-refractivity contribution in [3.05, 3.63) is 0 Å². The van der Waals surface area contributed by atoms with Crippen molar-refractivity contribution in [1.82, 2.24) is 5.06 Å². The van der Waals surface area contributed by atoms with Gasteiger partial charge in [0.15, 0.2) is 5.78 Å². The maximum absolute atomic E-state index is 11.5. The van der Waals surface area contributed by atoms with Crippen molar-refractivity contribution in [3.63, 3.8) is 0 Å². The van der Waals surface area contributed by atoms with Gasteiger partial charge in [-0.05, 0) is 19.3 Å². The molecule has 1 saturated heterocycles. The van der Waals surface area contributed by atoms with Crippen molar-refractivity contribution in [1.29, 1.82) is 0 Å². The second-order valence-corrected chi connectivity index (χ2v) is 3.56. The minimum absolute atomic E-state index is 0.0845. The summed E-state index contributed by atoms with van der Waals surface area (Å²) in [6.07, 6.45) is 5.08. The average Bonchev–Trinajstić information content (AvgIpc) is 2.57. The fourth-order valence-corrected chi connectivity index (χ4v) is 1.98. The average molecular weight is 169 g/mol. The summed E-state index contributed by atoms with van der Waals surface area (Å²) < 4.78 is 0. The molecule has 1 atom stereocenters. The van der Waals surface area contributed by atoms with E-state index in [1.807, 2.05) is 5.06 Å². The first-order chi connectivity index (χ1) is 5.88. The second kappa shape index (κ2) is 3.54. The van der Waals surface area contributed by atoms with Crippen molar-refractivity contribution < 1.29 is 9.63 Å². The SMILES string of the molecule is O=C1CCCCC1N1CCCO1. The Morgan fingerprint density at radius 2 is 2.25 bits per heavy atom. The topological polar surface area (TPSA) is 29.5 Å². The van der Waals surface area contributed by atoms with Crippen LogP contribution in [0.25, 0.3) is 0 Å². The summed E-state index contributed by atoms with van der Waals surface area (Å²) >= 11 is 0. The number of rotatable bonds is 1. The van der Waals surface area contributed by atoms with E-state index in [9.17, 15) is 4.79 Å². The van der Waals surface area contributed by atoms with Gasteiger partial charge in [-0.15, -0.1) is 0 Å². The Hall–Kier alpha value is -0.410. The van der Waals surface area contributed by atoms with Crippen molar-refractivity contribution in [2.45, 2.75) is 38.1 Å². The molecule has 68 valence electrons. The number of nitrogens with zero attached hydrogens (tertiary/aromatic N) is 1. The van der Waals surface area contributed by atoms with E-state index in [0.717, 1.165) is 38.8 Å². The molecule has 2 rings (SSSR count). The van der Waals surface area contributed by atoms with E-state index in [4.69, 9.17) is 4.84 Å². The Labute approximate surface area is 72.6 Å². The summed E-state index contributed by atoms with van der Waals surface area (Å²) in [5, 5.41) is 1.89. The molecule has 0 bridgehead atoms. The first-order valence-electron chi connectivity index (χ1n) is 4.80. The van der Waals surface area contributed by atoms with E-state index in [1.165, 1.54) is 6.42 Å². The van der Waals surface area contributed by atoms with Crippen LogP contribution in [0.15, 0.2) is 0 Å². The van der Waals surface area contributed by atoms with Crippen LogP contribution in [0.1, 0.15) is 32.1 Å². The highest BCUT2D eigenvalue weighted by Crippen LogP contribution is 2.22. The zero-order valence-electron chi connectivity index (χ0n) is 7.29. The lowest BCUT2D eigenvalue weighted by Crippen LogP contribution is -2.40. The fraction of sp³-hybridized carbons (Fsp3) is 0.889. The summed E-state index contributed by atoms with van der Waals surface area (Å²) in [7, 11) is 0. The second-order valence-electron chi connectivity index (χ2n) is 3.56. The van der Waals surface area contributed by atoms with E-state index in [2.05, 4.69) is 0 Å². The van der Waals surface area contributed by atoms with Crippen LogP contribution >= 0.6 is 0 Å². The third-order valence-corrected chi connectivity index (χ3v) is 2.65. The number of hydroxylamine groups is 2. The molecule has 2 fully saturated rings. The van der Waals surface area contributed by atoms with Gasteiger partial charge in [0.1, 0.15) is 0 Å². The first kappa shape index (κ1) is 8.20. The molecule has 1 heterocycles. The van der Waals surface area contributed by atoms with Gasteiger partial charge in [0.25, 0.3) is 0 Å². The standard InChI is InChI=1S/C9H15NO2/c11-9-5-2-1-4-8(9)10-6-3-7-12-10/h8H,1-7H2. The smallest absolute Gasteiger partial charge is 0.152 e. The molecule has 0 radical (unpaired) electrons. The summed E-state index contributed by atoms with van der Waals surface area (Å²) in [5.74, 6) is 0.378. The van der Waals surface area contributed by atoms with Gasteiger partial charge < -0.3 is 0 Å². The van der Waals surface area contributed by atoms with Crippen LogP contribution in [-0.2, 0) is 9.63 Å². The minimum atomic E-state index is 0.0845. The zero-order chi connectivity index (χ0) is 8.39. The van der Waals surface area contributed by atoms with Crippen molar-refractivity contribution in [2.24, 2.45) is 0 Å². The number of hydrogen-bond donors (Lipinski definition) is 0. The maximum Gasteiger partial charge on any atom is 0.152 e. The normalized spacial score (nSPS) is 32.7. The van der Waals surface area contributed by atoms with Crippen LogP contribution in [0.3, 0.4) is 0 Å². The summed E-state index contributed by atoms with van der Waals surface area (Å²) in [4.78, 5) is 16.8. The number of ketones is 1. The monoisotopic (exact) mass is 169 g/mol. The summed E-state index contributed by atoms with van der Waals surface area (Å²) in [6.45, 7) is 1.74. The molecule has 0 aromatic rings. The Bertz CT molecular complexity index is 175. The van der Waals surface area contributed by atoms with E-state index in [1.54, 1.807) is 0 Å². The third kappa shape index (κ3) is 1.52. The van der Waals surface area contributed by atoms with E-state index >= 15 is 0 Å². The molecule has 0 amide bonds. The van der Waals surface area contributed by atoms with Crippen LogP contribution in [-0.4, -0.2) is 30.0 Å². The lowest BCUT2D eigenvalue weighted by molar-refractivity contribution is -0.163. The fourth-order valence-electron chi connectivity index (χ4n) is 1.98. The zero-order valence-corrected chi connectivity index (χ0v) is 7.29. The highest BCUT2D eigenvalue weighted by Gasteiger charge is 2.30. The molecule has 0 aromatic heterocycles. The van der Waals surface area contributed by atoms with E-state index in [0.29, 0.717) is 5.78 Å².